The van der Waals surface area contributed by atoms with Crippen molar-refractivity contribution in [2.75, 3.05) is 13.2 Å². The number of guanidine groups is 1. The molecule has 1 saturated heterocycles. The average molecular weight is 504 g/mol. The van der Waals surface area contributed by atoms with Gasteiger partial charge in [-0.1, -0.05) is 60.1 Å². The molecule has 5 rings (SSSR count). The number of ether oxygens (including phenoxy) is 2. The highest BCUT2D eigenvalue weighted by molar-refractivity contribution is 6.32. The monoisotopic (exact) mass is 503 g/mol. The van der Waals surface area contributed by atoms with E-state index in [0.29, 0.717) is 24.7 Å². The maximum atomic E-state index is 13.2. The van der Waals surface area contributed by atoms with Crippen molar-refractivity contribution < 1.29 is 14.3 Å². The standard InChI is InChI=1S/C29H30ClN3O3/c1-29(19-26(34)33(28(31)32-29)22-13-15-35-16-14-22)25-12-6-8-21(27(25)30)17-20-7-5-11-24(18-20)36-23-9-3-2-4-10-23/h2-12,18,22H,13-17,19H2,1H3,(H2,31,32)/t29-/m0/s1. The Morgan fingerprint density at radius 2 is 1.78 bits per heavy atom. The Morgan fingerprint density at radius 3 is 2.53 bits per heavy atom. The molecule has 0 radical (unpaired) electrons. The lowest BCUT2D eigenvalue weighted by Crippen LogP contribution is -2.55. The molecule has 6 nitrogen and oxygen atoms in total. The number of nitrogens with zero attached hydrogens (tertiary/aromatic N) is 2. The van der Waals surface area contributed by atoms with Gasteiger partial charge < -0.3 is 15.2 Å². The molecule has 7 heteroatoms. The van der Waals surface area contributed by atoms with Gasteiger partial charge in [-0.15, -0.1) is 0 Å². The lowest BCUT2D eigenvalue weighted by Gasteiger charge is -2.40. The fraction of sp³-hybridized carbons (Fsp3) is 0.310. The third-order valence-electron chi connectivity index (χ3n) is 6.86. The van der Waals surface area contributed by atoms with Crippen LogP contribution in [0.25, 0.3) is 0 Å². The van der Waals surface area contributed by atoms with Crippen molar-refractivity contribution in [1.82, 2.24) is 4.90 Å². The van der Waals surface area contributed by atoms with Crippen molar-refractivity contribution in [3.8, 4) is 11.5 Å². The van der Waals surface area contributed by atoms with Gasteiger partial charge in [0.2, 0.25) is 5.91 Å². The molecule has 186 valence electrons. The second kappa shape index (κ2) is 10.3. The number of para-hydroxylation sites is 1. The van der Waals surface area contributed by atoms with Crippen LogP contribution in [-0.4, -0.2) is 36.0 Å². The van der Waals surface area contributed by atoms with Crippen LogP contribution in [0.4, 0.5) is 0 Å². The third-order valence-corrected chi connectivity index (χ3v) is 7.31. The number of rotatable bonds is 6. The lowest BCUT2D eigenvalue weighted by atomic mass is 9.85. The predicted molar refractivity (Wildman–Crippen MR) is 141 cm³/mol. The summed E-state index contributed by atoms with van der Waals surface area (Å²) in [4.78, 5) is 19.7. The van der Waals surface area contributed by atoms with Crippen LogP contribution >= 0.6 is 11.6 Å². The van der Waals surface area contributed by atoms with E-state index in [9.17, 15) is 4.79 Å². The zero-order chi connectivity index (χ0) is 25.1. The fourth-order valence-electron chi connectivity index (χ4n) is 5.04. The van der Waals surface area contributed by atoms with Crippen molar-refractivity contribution in [2.45, 2.75) is 44.2 Å². The summed E-state index contributed by atoms with van der Waals surface area (Å²) in [6.45, 7) is 3.19. The Morgan fingerprint density at radius 1 is 1.06 bits per heavy atom. The number of nitrogens with two attached hydrogens (primary N) is 1. The van der Waals surface area contributed by atoms with E-state index in [1.807, 2.05) is 73.7 Å². The largest absolute Gasteiger partial charge is 0.457 e. The van der Waals surface area contributed by atoms with Crippen LogP contribution < -0.4 is 10.5 Å². The quantitative estimate of drug-likeness (QED) is 0.470. The third kappa shape index (κ3) is 5.11. The van der Waals surface area contributed by atoms with Gasteiger partial charge in [0.1, 0.15) is 11.5 Å². The molecule has 1 fully saturated rings. The van der Waals surface area contributed by atoms with Gasteiger partial charge in [0.25, 0.3) is 0 Å². The molecule has 0 bridgehead atoms. The normalized spacial score (nSPS) is 20.8. The molecule has 1 amide bonds. The molecule has 2 heterocycles. The number of carbonyl (C=O) groups is 1. The Labute approximate surface area is 216 Å². The molecule has 0 spiro atoms. The van der Waals surface area contributed by atoms with E-state index in [2.05, 4.69) is 6.07 Å². The van der Waals surface area contributed by atoms with Crippen molar-refractivity contribution in [3.63, 3.8) is 0 Å². The van der Waals surface area contributed by atoms with Gasteiger partial charge in [0.05, 0.1) is 12.0 Å². The molecular weight excluding hydrogens is 474 g/mol. The number of amides is 1. The predicted octanol–water partition coefficient (Wildman–Crippen LogP) is 5.66. The first-order chi connectivity index (χ1) is 17.4. The molecule has 0 saturated carbocycles. The Bertz CT molecular complexity index is 1270. The molecule has 3 aromatic carbocycles. The average Bonchev–Trinajstić information content (AvgIpc) is 2.86. The van der Waals surface area contributed by atoms with E-state index >= 15 is 0 Å². The van der Waals surface area contributed by atoms with Gasteiger partial charge in [-0.2, -0.15) is 0 Å². The maximum absolute atomic E-state index is 13.2. The highest BCUT2D eigenvalue weighted by Crippen LogP contribution is 2.40. The number of hydrogen-bond acceptors (Lipinski definition) is 5. The van der Waals surface area contributed by atoms with Gasteiger partial charge in [-0.25, -0.2) is 4.99 Å². The maximum Gasteiger partial charge on any atom is 0.232 e. The van der Waals surface area contributed by atoms with Crippen LogP contribution in [0.3, 0.4) is 0 Å². The molecule has 2 N–H and O–H groups in total. The minimum absolute atomic E-state index is 0.0240. The highest BCUT2D eigenvalue weighted by Gasteiger charge is 2.41. The number of carbonyl (C=O) groups excluding carboxylic acids is 1. The molecule has 1 atom stereocenters. The van der Waals surface area contributed by atoms with Crippen LogP contribution in [0.2, 0.25) is 5.02 Å². The number of benzene rings is 3. The molecule has 0 unspecified atom stereocenters. The lowest BCUT2D eigenvalue weighted by molar-refractivity contribution is -0.132. The SMILES string of the molecule is C[C@@]1(c2cccc(Cc3cccc(Oc4ccccc4)c3)c2Cl)CC(=O)N(C2CCOCC2)C(N)=N1. The summed E-state index contributed by atoms with van der Waals surface area (Å²) in [7, 11) is 0. The van der Waals surface area contributed by atoms with Gasteiger partial charge in [0, 0.05) is 24.3 Å². The summed E-state index contributed by atoms with van der Waals surface area (Å²) >= 11 is 6.95. The first kappa shape index (κ1) is 24.3. The summed E-state index contributed by atoms with van der Waals surface area (Å²) in [5.41, 5.74) is 8.37. The highest BCUT2D eigenvalue weighted by atomic mass is 35.5. The summed E-state index contributed by atoms with van der Waals surface area (Å²) in [6, 6.07) is 23.6. The number of halogens is 1. The Kier molecular flexibility index (Phi) is 6.99. The van der Waals surface area contributed by atoms with Crippen molar-refractivity contribution in [2.24, 2.45) is 10.7 Å². The molecule has 2 aliphatic rings. The zero-order valence-corrected chi connectivity index (χ0v) is 21.1. The minimum Gasteiger partial charge on any atom is -0.457 e. The molecular formula is C29H30ClN3O3. The molecule has 2 aliphatic heterocycles. The van der Waals surface area contributed by atoms with E-state index in [1.54, 1.807) is 4.90 Å². The summed E-state index contributed by atoms with van der Waals surface area (Å²) in [5, 5.41) is 0.609. The van der Waals surface area contributed by atoms with Crippen LogP contribution in [-0.2, 0) is 21.5 Å². The summed E-state index contributed by atoms with van der Waals surface area (Å²) in [6.07, 6.45) is 2.37. The van der Waals surface area contributed by atoms with Gasteiger partial charge in [-0.05, 0) is 67.1 Å². The number of aliphatic imine (C=N–C) groups is 1. The fourth-order valence-corrected chi connectivity index (χ4v) is 5.44. The van der Waals surface area contributed by atoms with Crippen molar-refractivity contribution in [1.29, 1.82) is 0 Å². The Balaban J connectivity index is 1.39. The van der Waals surface area contributed by atoms with Crippen molar-refractivity contribution in [3.05, 3.63) is 94.5 Å². The molecule has 0 aromatic heterocycles. The molecule has 0 aliphatic carbocycles. The van der Waals surface area contributed by atoms with E-state index in [4.69, 9.17) is 31.8 Å². The van der Waals surface area contributed by atoms with E-state index in [0.717, 1.165) is 41.0 Å². The van der Waals surface area contributed by atoms with Crippen LogP contribution in [0.5, 0.6) is 11.5 Å². The van der Waals surface area contributed by atoms with Gasteiger partial charge in [-0.3, -0.25) is 9.69 Å². The minimum atomic E-state index is -0.825. The Hall–Kier alpha value is -3.35. The van der Waals surface area contributed by atoms with E-state index < -0.39 is 5.54 Å². The van der Waals surface area contributed by atoms with E-state index in [1.165, 1.54) is 0 Å². The number of hydrogen-bond donors (Lipinski definition) is 1. The smallest absolute Gasteiger partial charge is 0.232 e. The summed E-state index contributed by atoms with van der Waals surface area (Å²) < 4.78 is 11.4. The first-order valence-electron chi connectivity index (χ1n) is 12.3. The second-order valence-corrected chi connectivity index (χ2v) is 9.92. The summed E-state index contributed by atoms with van der Waals surface area (Å²) in [5.74, 6) is 1.79. The van der Waals surface area contributed by atoms with Crippen LogP contribution in [0.1, 0.15) is 42.9 Å². The second-order valence-electron chi connectivity index (χ2n) is 9.55. The van der Waals surface area contributed by atoms with Gasteiger partial charge in [0.15, 0.2) is 5.96 Å². The topological polar surface area (TPSA) is 77.1 Å². The van der Waals surface area contributed by atoms with Gasteiger partial charge >= 0.3 is 0 Å². The van der Waals surface area contributed by atoms with E-state index in [-0.39, 0.29) is 24.3 Å². The van der Waals surface area contributed by atoms with Crippen LogP contribution in [0, 0.1) is 0 Å². The first-order valence-corrected chi connectivity index (χ1v) is 12.7. The zero-order valence-electron chi connectivity index (χ0n) is 20.3. The van der Waals surface area contributed by atoms with Crippen molar-refractivity contribution >= 4 is 23.5 Å². The molecule has 36 heavy (non-hydrogen) atoms. The molecule has 3 aromatic rings. The van der Waals surface area contributed by atoms with Crippen LogP contribution in [0.15, 0.2) is 77.8 Å².